The molecule has 0 radical (unpaired) electrons. The van der Waals surface area contributed by atoms with Crippen LogP contribution < -0.4 is 14.7 Å². The third-order valence-corrected chi connectivity index (χ3v) is 17.3. The van der Waals surface area contributed by atoms with Crippen LogP contribution in [0, 0.1) is 13.8 Å². The van der Waals surface area contributed by atoms with E-state index in [1.165, 1.54) is 58.4 Å². The predicted octanol–water partition coefficient (Wildman–Crippen LogP) is 24.6. The van der Waals surface area contributed by atoms with Crippen LogP contribution in [-0.4, -0.2) is 11.3 Å². The van der Waals surface area contributed by atoms with Crippen LogP contribution in [0.4, 0.5) is 45.5 Å². The van der Waals surface area contributed by atoms with Gasteiger partial charge in [0.05, 0.1) is 11.0 Å². The molecule has 3 aromatic heterocycles. The largest absolute Gasteiger partial charge is 0.456 e. The molecule has 0 N–H and O–H groups in total. The number of rotatable bonds is 12. The number of allylic oxidation sites excluding steroid dienone is 4. The molecule has 7 heteroatoms. The summed E-state index contributed by atoms with van der Waals surface area (Å²) in [7, 11) is 0. The van der Waals surface area contributed by atoms with E-state index in [-0.39, 0.29) is 0 Å². The number of hydrogen-bond donors (Lipinski definition) is 0. The molecule has 0 spiro atoms. The van der Waals surface area contributed by atoms with E-state index in [2.05, 4.69) is 351 Å². The van der Waals surface area contributed by atoms with E-state index < -0.39 is 0 Å². The molecule has 0 saturated heterocycles. The number of aromatic nitrogens is 1. The molecule has 0 amide bonds. The Morgan fingerprint density at radius 1 is 0.427 bits per heavy atom. The van der Waals surface area contributed by atoms with Crippen LogP contribution in [0.2, 0.25) is 20.5 Å². The minimum Gasteiger partial charge on any atom is -0.456 e. The lowest BCUT2D eigenvalue weighted by molar-refractivity contribution is 0.669. The highest BCUT2D eigenvalue weighted by Gasteiger charge is 2.22. The number of aryl methyl sites for hydroxylation is 2. The van der Waals surface area contributed by atoms with Gasteiger partial charge in [-0.1, -0.05) is 179 Å². The highest BCUT2D eigenvalue weighted by molar-refractivity contribution is 7.25. The molecule has 0 bridgehead atoms. The van der Waals surface area contributed by atoms with Gasteiger partial charge in [0.2, 0.25) is 0 Å². The summed E-state index contributed by atoms with van der Waals surface area (Å²) in [6.45, 7) is 18.0. The molecule has 432 valence electrons. The minimum atomic E-state index is 0.832. The lowest BCUT2D eigenvalue weighted by Crippen LogP contribution is -2.15. The Labute approximate surface area is 526 Å². The average molecular weight is 1170 g/mol. The second-order valence-corrected chi connectivity index (χ2v) is 24.2. The van der Waals surface area contributed by atoms with Crippen molar-refractivity contribution in [2.45, 2.75) is 41.2 Å². The second-order valence-electron chi connectivity index (χ2n) is 23.1. The van der Waals surface area contributed by atoms with Crippen LogP contribution in [0.25, 0.3) is 80.4 Å². The maximum atomic E-state index is 6.68. The minimum absolute atomic E-state index is 0.832. The number of furan rings is 1. The first kappa shape index (κ1) is 57.5. The molecule has 0 aliphatic heterocycles. The molecule has 0 atom stereocenters. The van der Waals surface area contributed by atoms with Crippen molar-refractivity contribution in [1.82, 2.24) is 4.57 Å². The molecule has 89 heavy (non-hydrogen) atoms. The Bertz CT molecular complexity index is 5000. The van der Waals surface area contributed by atoms with Gasteiger partial charge < -0.3 is 23.7 Å². The van der Waals surface area contributed by atoms with Crippen LogP contribution in [0.15, 0.2) is 314 Å². The molecule has 12 aromatic carbocycles. The second kappa shape index (κ2) is 25.4. The lowest BCUT2D eigenvalue weighted by atomic mass is 9.58. The monoisotopic (exact) mass is 1170 g/mol. The van der Waals surface area contributed by atoms with Crippen LogP contribution in [0.1, 0.15) is 18.1 Å². The number of para-hydroxylation sites is 5. The summed E-state index contributed by atoms with van der Waals surface area (Å²) in [6, 6.07) is 97.5. The first-order chi connectivity index (χ1) is 43.6. The summed E-state index contributed by atoms with van der Waals surface area (Å²) in [5.41, 5.74) is 17.3. The number of hydrogen-bond acceptors (Lipinski definition) is 5. The fourth-order valence-electron chi connectivity index (χ4n) is 12.3. The van der Waals surface area contributed by atoms with E-state index in [9.17, 15) is 0 Å². The average Bonchev–Trinajstić information content (AvgIpc) is 1.75. The Morgan fingerprint density at radius 3 is 1.55 bits per heavy atom. The van der Waals surface area contributed by atoms with E-state index in [0.717, 1.165) is 91.1 Å². The van der Waals surface area contributed by atoms with E-state index in [4.69, 9.17) is 4.42 Å². The first-order valence-electron chi connectivity index (χ1n) is 30.6. The number of nitrogens with zero attached hydrogens (tertiary/aromatic N) is 4. The Morgan fingerprint density at radius 2 is 0.933 bits per heavy atom. The van der Waals surface area contributed by atoms with Gasteiger partial charge >= 0.3 is 0 Å². The molecule has 0 aliphatic rings. The van der Waals surface area contributed by atoms with Crippen LogP contribution in [0.5, 0.6) is 0 Å². The molecule has 15 aromatic rings. The number of anilines is 8. The molecular formula is C82H69BN4OS. The fraction of sp³-hybridized carbons (Fsp3) is 0.0732. The first-order valence-corrected chi connectivity index (χ1v) is 31.4. The van der Waals surface area contributed by atoms with Gasteiger partial charge in [-0.2, -0.15) is 0 Å². The summed E-state index contributed by atoms with van der Waals surface area (Å²) < 4.78 is 11.5. The van der Waals surface area contributed by atoms with E-state index in [0.29, 0.717) is 0 Å². The highest BCUT2D eigenvalue weighted by Crippen LogP contribution is 2.46. The Kier molecular flexibility index (Phi) is 16.4. The summed E-state index contributed by atoms with van der Waals surface area (Å²) in [4.78, 5) is 6.94. The molecule has 0 saturated carbocycles. The van der Waals surface area contributed by atoms with E-state index in [1.807, 2.05) is 24.3 Å². The zero-order valence-electron chi connectivity index (χ0n) is 51.2. The van der Waals surface area contributed by atoms with Crippen LogP contribution in [-0.2, 0) is 0 Å². The van der Waals surface area contributed by atoms with Crippen molar-refractivity contribution in [3.05, 3.63) is 321 Å². The van der Waals surface area contributed by atoms with Crippen molar-refractivity contribution in [1.29, 1.82) is 0 Å². The van der Waals surface area contributed by atoms with Crippen molar-refractivity contribution >= 4 is 138 Å². The summed E-state index contributed by atoms with van der Waals surface area (Å²) in [5.74, 6) is 0. The standard InChI is InChI=1S/C67H48N4OS.C12H12.C3H9B/c1-3-5-20-46(4-2)68(53-31-36-57-56-29-18-19-30-62(56)71(63(57)43-53)50-27-16-9-17-28-50)55-33-38-59-61-42-52(35-40-66(61)73-67(59)45-55)70(49-25-14-8-15-26-49)54-32-37-58-60-41-51(34-39-64(60)72-65(58)44-54)69(47-21-10-6-11-22-47)48-23-12-7-13-24-48;1-9-5-3-7-11-8-4-6-10(2)12(9)11;1-4(2)3/h3-45H,2H2,1H3;3-8H,1-2H3;1-3H3/b5-3-,46-20+;;. The van der Waals surface area contributed by atoms with Crippen LogP contribution >= 0.6 is 11.3 Å². The SMILES string of the molecule is C=C/C(=C\C=C/C)N(c1ccc2c(c1)sc1ccc(N(c3ccccc3)c3ccc4c(c3)oc3ccc(N(c5ccccc5)c5ccccc5)cc34)cc12)c1ccc2c3ccccc3n(-c3ccccc3)c2c1.CB(C)C.Cc1cccc2cccc(C)c12. The van der Waals surface area contributed by atoms with Gasteiger partial charge in [-0.15, -0.1) is 11.3 Å². The number of thiophene rings is 1. The van der Waals surface area contributed by atoms with Gasteiger partial charge in [0.25, 0.3) is 0 Å². The van der Waals surface area contributed by atoms with Gasteiger partial charge in [0.1, 0.15) is 17.9 Å². The van der Waals surface area contributed by atoms with Gasteiger partial charge in [-0.3, -0.25) is 0 Å². The quantitative estimate of drug-likeness (QED) is 0.0900. The summed E-state index contributed by atoms with van der Waals surface area (Å²) in [6.07, 6.45) is 8.22. The third-order valence-electron chi connectivity index (χ3n) is 16.1. The Hall–Kier alpha value is -10.6. The maximum absolute atomic E-state index is 6.68. The smallest absolute Gasteiger partial charge is 0.137 e. The molecule has 5 nitrogen and oxygen atoms in total. The molecule has 3 heterocycles. The zero-order chi connectivity index (χ0) is 61.0. The van der Waals surface area contributed by atoms with Gasteiger partial charge in [-0.25, -0.2) is 0 Å². The highest BCUT2D eigenvalue weighted by atomic mass is 32.1. The molecule has 15 rings (SSSR count). The Balaban J connectivity index is 0.000000398. The number of fused-ring (bicyclic) bond motifs is 10. The summed E-state index contributed by atoms with van der Waals surface area (Å²) >= 11 is 1.82. The zero-order valence-corrected chi connectivity index (χ0v) is 52.0. The molecule has 0 fully saturated rings. The van der Waals surface area contributed by atoms with Gasteiger partial charge in [0.15, 0.2) is 0 Å². The van der Waals surface area contributed by atoms with E-state index >= 15 is 0 Å². The number of benzene rings is 12. The maximum Gasteiger partial charge on any atom is 0.137 e. The van der Waals surface area contributed by atoms with E-state index in [1.54, 1.807) is 0 Å². The lowest BCUT2D eigenvalue weighted by Gasteiger charge is -2.26. The van der Waals surface area contributed by atoms with Crippen molar-refractivity contribution in [3.63, 3.8) is 0 Å². The molecule has 0 aliphatic carbocycles. The van der Waals surface area contributed by atoms with Gasteiger partial charge in [-0.05, 0) is 182 Å². The fourth-order valence-corrected chi connectivity index (χ4v) is 13.4. The van der Waals surface area contributed by atoms with Crippen LogP contribution in [0.3, 0.4) is 0 Å². The normalized spacial score (nSPS) is 11.6. The summed E-state index contributed by atoms with van der Waals surface area (Å²) in [5, 5.41) is 9.73. The van der Waals surface area contributed by atoms with Crippen molar-refractivity contribution in [3.8, 4) is 5.69 Å². The van der Waals surface area contributed by atoms with Gasteiger partial charge in [0, 0.05) is 105 Å². The topological polar surface area (TPSA) is 27.8 Å². The van der Waals surface area contributed by atoms with Crippen molar-refractivity contribution < 1.29 is 4.42 Å². The molecule has 0 unspecified atom stereocenters. The molecular weight excluding hydrogens is 1100 g/mol. The predicted molar refractivity (Wildman–Crippen MR) is 389 cm³/mol. The van der Waals surface area contributed by atoms with Crippen molar-refractivity contribution in [2.24, 2.45) is 0 Å². The van der Waals surface area contributed by atoms with Crippen molar-refractivity contribution in [2.75, 3.05) is 14.7 Å². The third kappa shape index (κ3) is 11.5.